The Hall–Kier alpha value is -2.69. The standard InChI is InChI=1S/C20H21N3O2/c1-14-7-15(10-21-9-14)5-6-19(24)22-11-16-8-17(13-22)18-3-2-4-20(25)23(18)12-16/h2-7,9-10,16-17H,8,11-13H2,1H3/b6-5+/t16-,17+/m0/s1. The third-order valence-electron chi connectivity index (χ3n) is 5.11. The first kappa shape index (κ1) is 15.8. The summed E-state index contributed by atoms with van der Waals surface area (Å²) in [5, 5.41) is 0. The average Bonchev–Trinajstić information content (AvgIpc) is 2.60. The van der Waals surface area contributed by atoms with Crippen LogP contribution in [0.25, 0.3) is 6.08 Å². The maximum atomic E-state index is 12.6. The molecule has 0 aromatic carbocycles. The lowest BCUT2D eigenvalue weighted by atomic mass is 9.83. The van der Waals surface area contributed by atoms with Gasteiger partial charge in [-0.1, -0.05) is 6.07 Å². The summed E-state index contributed by atoms with van der Waals surface area (Å²) in [6, 6.07) is 7.46. The number of carbonyl (C=O) groups is 1. The molecule has 2 aromatic heterocycles. The number of rotatable bonds is 2. The number of piperidine rings is 1. The van der Waals surface area contributed by atoms with E-state index >= 15 is 0 Å². The number of hydrogen-bond donors (Lipinski definition) is 0. The summed E-state index contributed by atoms with van der Waals surface area (Å²) in [5.74, 6) is 0.631. The first-order valence-electron chi connectivity index (χ1n) is 8.68. The highest BCUT2D eigenvalue weighted by Crippen LogP contribution is 2.34. The van der Waals surface area contributed by atoms with Gasteiger partial charge in [-0.2, -0.15) is 0 Å². The molecular weight excluding hydrogens is 314 g/mol. The van der Waals surface area contributed by atoms with Gasteiger partial charge in [0.2, 0.25) is 5.91 Å². The molecule has 0 spiro atoms. The van der Waals surface area contributed by atoms with E-state index in [-0.39, 0.29) is 17.4 Å². The van der Waals surface area contributed by atoms with Crippen LogP contribution < -0.4 is 5.56 Å². The first-order valence-corrected chi connectivity index (χ1v) is 8.68. The minimum atomic E-state index is 0.0305. The number of pyridine rings is 2. The molecule has 0 aliphatic carbocycles. The fourth-order valence-corrected chi connectivity index (χ4v) is 4.02. The Labute approximate surface area is 146 Å². The Morgan fingerprint density at radius 2 is 2.12 bits per heavy atom. The topological polar surface area (TPSA) is 55.2 Å². The number of hydrogen-bond acceptors (Lipinski definition) is 3. The first-order chi connectivity index (χ1) is 12.1. The molecule has 4 heterocycles. The SMILES string of the molecule is Cc1cncc(/C=C/C(=O)N2C[C@@H]3C[C@H](C2)c2cccc(=O)n2C3)c1. The summed E-state index contributed by atoms with van der Waals surface area (Å²) < 4.78 is 1.88. The van der Waals surface area contributed by atoms with Crippen LogP contribution in [0.4, 0.5) is 0 Å². The molecule has 2 bridgehead atoms. The van der Waals surface area contributed by atoms with E-state index in [2.05, 4.69) is 4.98 Å². The molecule has 0 saturated carbocycles. The number of amides is 1. The smallest absolute Gasteiger partial charge is 0.250 e. The molecule has 2 aliphatic rings. The van der Waals surface area contributed by atoms with Crippen molar-refractivity contribution < 1.29 is 4.79 Å². The van der Waals surface area contributed by atoms with Crippen molar-refractivity contribution in [2.75, 3.05) is 13.1 Å². The predicted molar refractivity (Wildman–Crippen MR) is 96.1 cm³/mol. The van der Waals surface area contributed by atoms with Crippen LogP contribution in [-0.2, 0) is 11.3 Å². The van der Waals surface area contributed by atoms with Gasteiger partial charge in [0.15, 0.2) is 0 Å². The molecule has 4 rings (SSSR count). The van der Waals surface area contributed by atoms with Crippen molar-refractivity contribution >= 4 is 12.0 Å². The molecule has 0 N–H and O–H groups in total. The summed E-state index contributed by atoms with van der Waals surface area (Å²) in [7, 11) is 0. The second-order valence-electron chi connectivity index (χ2n) is 7.07. The predicted octanol–water partition coefficient (Wildman–Crippen LogP) is 2.21. The lowest BCUT2D eigenvalue weighted by molar-refractivity contribution is -0.128. The Morgan fingerprint density at radius 3 is 2.96 bits per heavy atom. The van der Waals surface area contributed by atoms with Crippen molar-refractivity contribution in [2.45, 2.75) is 25.8 Å². The van der Waals surface area contributed by atoms with Crippen LogP contribution in [0.2, 0.25) is 0 Å². The van der Waals surface area contributed by atoms with E-state index in [0.29, 0.717) is 25.6 Å². The molecule has 25 heavy (non-hydrogen) atoms. The second kappa shape index (κ2) is 6.31. The minimum absolute atomic E-state index is 0.0305. The van der Waals surface area contributed by atoms with E-state index in [1.54, 1.807) is 24.5 Å². The van der Waals surface area contributed by atoms with E-state index in [1.165, 1.54) is 0 Å². The quantitative estimate of drug-likeness (QED) is 0.791. The Kier molecular flexibility index (Phi) is 3.99. The molecule has 2 atom stereocenters. The average molecular weight is 335 g/mol. The van der Waals surface area contributed by atoms with Gasteiger partial charge in [-0.15, -0.1) is 0 Å². The van der Waals surface area contributed by atoms with Gasteiger partial charge in [-0.25, -0.2) is 0 Å². The van der Waals surface area contributed by atoms with Crippen molar-refractivity contribution in [1.29, 1.82) is 0 Å². The highest BCUT2D eigenvalue weighted by molar-refractivity contribution is 5.91. The molecule has 1 amide bonds. The Balaban J connectivity index is 1.52. The second-order valence-corrected chi connectivity index (χ2v) is 7.07. The zero-order valence-electron chi connectivity index (χ0n) is 14.3. The monoisotopic (exact) mass is 335 g/mol. The summed E-state index contributed by atoms with van der Waals surface area (Å²) in [6.07, 6.45) is 8.06. The number of aryl methyl sites for hydroxylation is 1. The zero-order chi connectivity index (χ0) is 17.4. The van der Waals surface area contributed by atoms with Crippen LogP contribution in [0, 0.1) is 12.8 Å². The van der Waals surface area contributed by atoms with E-state index in [4.69, 9.17) is 0 Å². The van der Waals surface area contributed by atoms with Gasteiger partial charge < -0.3 is 9.47 Å². The van der Waals surface area contributed by atoms with E-state index in [1.807, 2.05) is 40.7 Å². The third-order valence-corrected chi connectivity index (χ3v) is 5.11. The van der Waals surface area contributed by atoms with Gasteiger partial charge in [0, 0.05) is 55.8 Å². The minimum Gasteiger partial charge on any atom is -0.338 e. The van der Waals surface area contributed by atoms with Crippen molar-refractivity contribution in [1.82, 2.24) is 14.5 Å². The molecule has 0 unspecified atom stereocenters. The lowest BCUT2D eigenvalue weighted by Gasteiger charge is -2.42. The molecule has 2 aromatic rings. The van der Waals surface area contributed by atoms with Crippen LogP contribution >= 0.6 is 0 Å². The van der Waals surface area contributed by atoms with E-state index in [9.17, 15) is 9.59 Å². The largest absolute Gasteiger partial charge is 0.338 e. The molecular formula is C20H21N3O2. The number of nitrogens with zero attached hydrogens (tertiary/aromatic N) is 3. The Morgan fingerprint density at radius 1 is 1.24 bits per heavy atom. The fourth-order valence-electron chi connectivity index (χ4n) is 4.02. The maximum absolute atomic E-state index is 12.6. The summed E-state index contributed by atoms with van der Waals surface area (Å²) in [4.78, 5) is 30.7. The van der Waals surface area contributed by atoms with Crippen LogP contribution in [-0.4, -0.2) is 33.4 Å². The van der Waals surface area contributed by atoms with E-state index in [0.717, 1.165) is 23.2 Å². The number of carbonyl (C=O) groups excluding carboxylic acids is 1. The lowest BCUT2D eigenvalue weighted by Crippen LogP contribution is -2.48. The highest BCUT2D eigenvalue weighted by Gasteiger charge is 2.35. The van der Waals surface area contributed by atoms with Crippen LogP contribution in [0.1, 0.15) is 29.2 Å². The van der Waals surface area contributed by atoms with Crippen molar-refractivity contribution in [3.8, 4) is 0 Å². The molecule has 1 saturated heterocycles. The van der Waals surface area contributed by atoms with Gasteiger partial charge in [0.1, 0.15) is 0 Å². The maximum Gasteiger partial charge on any atom is 0.250 e. The van der Waals surface area contributed by atoms with Gasteiger partial charge >= 0.3 is 0 Å². The highest BCUT2D eigenvalue weighted by atomic mass is 16.2. The van der Waals surface area contributed by atoms with Crippen molar-refractivity contribution in [2.24, 2.45) is 5.92 Å². The molecule has 2 aliphatic heterocycles. The molecule has 1 fully saturated rings. The summed E-state index contributed by atoms with van der Waals surface area (Å²) >= 11 is 0. The zero-order valence-corrected chi connectivity index (χ0v) is 14.3. The molecule has 128 valence electrons. The third kappa shape index (κ3) is 3.14. The summed E-state index contributed by atoms with van der Waals surface area (Å²) in [6.45, 7) is 4.08. The normalized spacial score (nSPS) is 22.0. The molecule has 5 heteroatoms. The fraction of sp³-hybridized carbons (Fsp3) is 0.350. The van der Waals surface area contributed by atoms with Gasteiger partial charge in [0.25, 0.3) is 5.56 Å². The van der Waals surface area contributed by atoms with Gasteiger partial charge in [-0.05, 0) is 48.6 Å². The van der Waals surface area contributed by atoms with E-state index < -0.39 is 0 Å². The van der Waals surface area contributed by atoms with Gasteiger partial charge in [-0.3, -0.25) is 14.6 Å². The van der Waals surface area contributed by atoms with Gasteiger partial charge in [0.05, 0.1) is 0 Å². The number of aromatic nitrogens is 2. The Bertz CT molecular complexity index is 900. The van der Waals surface area contributed by atoms with Crippen LogP contribution in [0.15, 0.2) is 47.5 Å². The van der Waals surface area contributed by atoms with Crippen LogP contribution in [0.3, 0.4) is 0 Å². The molecule has 5 nitrogen and oxygen atoms in total. The molecule has 0 radical (unpaired) electrons. The number of likely N-dealkylation sites (tertiary alicyclic amines) is 1. The van der Waals surface area contributed by atoms with Crippen LogP contribution in [0.5, 0.6) is 0 Å². The van der Waals surface area contributed by atoms with Crippen molar-refractivity contribution in [3.05, 3.63) is 69.9 Å². The summed E-state index contributed by atoms with van der Waals surface area (Å²) in [5.41, 5.74) is 3.14. The van der Waals surface area contributed by atoms with Crippen molar-refractivity contribution in [3.63, 3.8) is 0 Å². The number of fused-ring (bicyclic) bond motifs is 4.